The number of rotatable bonds is 5. The molecule has 1 atom stereocenters. The highest BCUT2D eigenvalue weighted by atomic mass is 16.5. The van der Waals surface area contributed by atoms with E-state index in [1.54, 1.807) is 18.1 Å². The molecule has 0 radical (unpaired) electrons. The fourth-order valence-corrected chi connectivity index (χ4v) is 3.55. The first-order chi connectivity index (χ1) is 11.7. The van der Waals surface area contributed by atoms with E-state index in [1.807, 2.05) is 4.90 Å². The van der Waals surface area contributed by atoms with Crippen LogP contribution in [0.15, 0.2) is 23.0 Å². The number of carbonyl (C=O) groups excluding carboxylic acids is 2. The van der Waals surface area contributed by atoms with Gasteiger partial charge in [0.15, 0.2) is 0 Å². The summed E-state index contributed by atoms with van der Waals surface area (Å²) >= 11 is 0. The van der Waals surface area contributed by atoms with Crippen LogP contribution < -0.4 is 0 Å². The van der Waals surface area contributed by atoms with Gasteiger partial charge in [0, 0.05) is 46.4 Å². The average Bonchev–Trinajstić information content (AvgIpc) is 3.24. The molecule has 7 heteroatoms. The molecule has 2 aliphatic heterocycles. The largest absolute Gasteiger partial charge is 0.472 e. The Morgan fingerprint density at radius 3 is 3.00 bits per heavy atom. The summed E-state index contributed by atoms with van der Waals surface area (Å²) in [6, 6.07) is 1.66. The Balaban J connectivity index is 1.80. The van der Waals surface area contributed by atoms with Gasteiger partial charge in [0.1, 0.15) is 6.26 Å². The Bertz CT molecular complexity index is 566. The van der Waals surface area contributed by atoms with Gasteiger partial charge < -0.3 is 23.7 Å². The zero-order valence-corrected chi connectivity index (χ0v) is 14.0. The van der Waals surface area contributed by atoms with Crippen molar-refractivity contribution in [3.8, 4) is 0 Å². The third-order valence-corrected chi connectivity index (χ3v) is 4.82. The highest BCUT2D eigenvalue weighted by molar-refractivity contribution is 5.94. The minimum Gasteiger partial charge on any atom is -0.472 e. The van der Waals surface area contributed by atoms with Crippen LogP contribution in [-0.2, 0) is 14.3 Å². The zero-order valence-electron chi connectivity index (χ0n) is 14.0. The zero-order chi connectivity index (χ0) is 17.0. The number of methoxy groups -OCH3 is 1. The number of nitrogens with zero attached hydrogens (tertiary/aromatic N) is 2. The van der Waals surface area contributed by atoms with E-state index in [0.717, 1.165) is 12.8 Å². The Morgan fingerprint density at radius 2 is 2.33 bits per heavy atom. The van der Waals surface area contributed by atoms with Crippen molar-refractivity contribution in [2.24, 2.45) is 0 Å². The molecule has 0 aliphatic carbocycles. The Hall–Kier alpha value is -1.86. The van der Waals surface area contributed by atoms with E-state index >= 15 is 0 Å². The van der Waals surface area contributed by atoms with Crippen molar-refractivity contribution in [3.05, 3.63) is 24.2 Å². The molecule has 1 aromatic rings. The summed E-state index contributed by atoms with van der Waals surface area (Å²) in [5.41, 5.74) is 0.0881. The number of amides is 2. The van der Waals surface area contributed by atoms with Crippen LogP contribution in [0.4, 0.5) is 0 Å². The van der Waals surface area contributed by atoms with Crippen LogP contribution in [0.25, 0.3) is 0 Å². The summed E-state index contributed by atoms with van der Waals surface area (Å²) in [6.45, 7) is 3.24. The summed E-state index contributed by atoms with van der Waals surface area (Å²) in [5, 5.41) is 0. The van der Waals surface area contributed by atoms with Gasteiger partial charge >= 0.3 is 0 Å². The number of carbonyl (C=O) groups is 2. The van der Waals surface area contributed by atoms with Crippen molar-refractivity contribution >= 4 is 11.8 Å². The van der Waals surface area contributed by atoms with Gasteiger partial charge in [-0.2, -0.15) is 0 Å². The molecule has 0 saturated carbocycles. The number of hydrogen-bond donors (Lipinski definition) is 0. The minimum absolute atomic E-state index is 0.0825. The summed E-state index contributed by atoms with van der Waals surface area (Å²) in [7, 11) is 1.66. The average molecular weight is 336 g/mol. The monoisotopic (exact) mass is 336 g/mol. The van der Waals surface area contributed by atoms with Gasteiger partial charge in [-0.15, -0.1) is 0 Å². The predicted molar refractivity (Wildman–Crippen MR) is 85.6 cm³/mol. The van der Waals surface area contributed by atoms with Crippen LogP contribution in [-0.4, -0.2) is 73.7 Å². The van der Waals surface area contributed by atoms with Crippen molar-refractivity contribution in [1.29, 1.82) is 0 Å². The molecule has 7 nitrogen and oxygen atoms in total. The van der Waals surface area contributed by atoms with Crippen molar-refractivity contribution in [1.82, 2.24) is 9.80 Å². The molecular formula is C17H24N2O5. The van der Waals surface area contributed by atoms with Crippen LogP contribution in [0.1, 0.15) is 29.6 Å². The molecule has 3 heterocycles. The first-order valence-corrected chi connectivity index (χ1v) is 8.35. The lowest BCUT2D eigenvalue weighted by atomic mass is 9.95. The summed E-state index contributed by atoms with van der Waals surface area (Å²) in [5.74, 6) is -0.0133. The van der Waals surface area contributed by atoms with Gasteiger partial charge in [-0.1, -0.05) is 0 Å². The molecule has 2 saturated heterocycles. The first-order valence-electron chi connectivity index (χ1n) is 8.35. The Labute approximate surface area is 141 Å². The minimum atomic E-state index is -0.430. The lowest BCUT2D eigenvalue weighted by molar-refractivity contribution is -0.136. The molecule has 2 fully saturated rings. The second-order valence-electron chi connectivity index (χ2n) is 6.41. The molecule has 0 aromatic carbocycles. The Morgan fingerprint density at radius 1 is 1.46 bits per heavy atom. The first kappa shape index (κ1) is 17.0. The highest BCUT2D eigenvalue weighted by Crippen LogP contribution is 2.31. The number of hydrogen-bond acceptors (Lipinski definition) is 5. The molecule has 0 bridgehead atoms. The fourth-order valence-electron chi connectivity index (χ4n) is 3.55. The fraction of sp³-hybridized carbons (Fsp3) is 0.647. The van der Waals surface area contributed by atoms with Crippen LogP contribution >= 0.6 is 0 Å². The van der Waals surface area contributed by atoms with Gasteiger partial charge in [-0.25, -0.2) is 0 Å². The molecule has 0 N–H and O–H groups in total. The third-order valence-electron chi connectivity index (χ3n) is 4.82. The second kappa shape index (κ2) is 7.36. The van der Waals surface area contributed by atoms with E-state index in [-0.39, 0.29) is 11.8 Å². The molecule has 1 unspecified atom stereocenters. The lowest BCUT2D eigenvalue weighted by Crippen LogP contribution is -2.57. The highest BCUT2D eigenvalue weighted by Gasteiger charge is 2.46. The molecular weight excluding hydrogens is 312 g/mol. The molecule has 1 spiro atoms. The van der Waals surface area contributed by atoms with E-state index in [2.05, 4.69) is 0 Å². The standard InChI is InChI=1S/C17H24N2O5/c1-22-8-2-6-19-15(20)3-7-18(12-17(19)5-10-24-13-17)16(21)14-4-9-23-11-14/h4,9,11H,2-3,5-8,10,12-13H2,1H3. The SMILES string of the molecule is COCCCN1C(=O)CCN(C(=O)c2ccoc2)CC12CCOC2. The van der Waals surface area contributed by atoms with Crippen LogP contribution in [0.5, 0.6) is 0 Å². The van der Waals surface area contributed by atoms with Crippen molar-refractivity contribution in [3.63, 3.8) is 0 Å². The lowest BCUT2D eigenvalue weighted by Gasteiger charge is -2.40. The summed E-state index contributed by atoms with van der Waals surface area (Å²) in [6.07, 6.45) is 4.80. The maximum absolute atomic E-state index is 12.7. The topological polar surface area (TPSA) is 72.2 Å². The second-order valence-corrected chi connectivity index (χ2v) is 6.41. The van der Waals surface area contributed by atoms with E-state index in [1.165, 1.54) is 12.5 Å². The van der Waals surface area contributed by atoms with E-state index in [0.29, 0.717) is 51.4 Å². The van der Waals surface area contributed by atoms with Crippen LogP contribution in [0.2, 0.25) is 0 Å². The molecule has 3 rings (SSSR count). The van der Waals surface area contributed by atoms with Crippen molar-refractivity contribution in [2.45, 2.75) is 24.8 Å². The predicted octanol–water partition coefficient (Wildman–Crippen LogP) is 1.15. The maximum atomic E-state index is 12.7. The maximum Gasteiger partial charge on any atom is 0.257 e. The normalized spacial score (nSPS) is 24.6. The smallest absolute Gasteiger partial charge is 0.257 e. The Kier molecular flexibility index (Phi) is 5.20. The molecule has 2 amide bonds. The molecule has 24 heavy (non-hydrogen) atoms. The number of ether oxygens (including phenoxy) is 2. The molecule has 132 valence electrons. The van der Waals surface area contributed by atoms with Gasteiger partial charge in [0.25, 0.3) is 5.91 Å². The van der Waals surface area contributed by atoms with Gasteiger partial charge in [0.2, 0.25) is 5.91 Å². The summed E-state index contributed by atoms with van der Waals surface area (Å²) < 4.78 is 15.7. The quantitative estimate of drug-likeness (QED) is 0.754. The van der Waals surface area contributed by atoms with Crippen molar-refractivity contribution in [2.75, 3.05) is 46.6 Å². The molecule has 1 aromatic heterocycles. The third kappa shape index (κ3) is 3.32. The van der Waals surface area contributed by atoms with Crippen LogP contribution in [0.3, 0.4) is 0 Å². The van der Waals surface area contributed by atoms with Gasteiger partial charge in [0.05, 0.1) is 24.0 Å². The molecule has 2 aliphatic rings. The van der Waals surface area contributed by atoms with E-state index < -0.39 is 5.54 Å². The van der Waals surface area contributed by atoms with Crippen molar-refractivity contribution < 1.29 is 23.5 Å². The van der Waals surface area contributed by atoms with Gasteiger partial charge in [-0.3, -0.25) is 9.59 Å². The van der Waals surface area contributed by atoms with E-state index in [4.69, 9.17) is 13.9 Å². The number of furan rings is 1. The van der Waals surface area contributed by atoms with E-state index in [9.17, 15) is 9.59 Å². The summed E-state index contributed by atoms with van der Waals surface area (Å²) in [4.78, 5) is 29.1. The van der Waals surface area contributed by atoms with Gasteiger partial charge in [-0.05, 0) is 18.9 Å². The van der Waals surface area contributed by atoms with Crippen LogP contribution in [0, 0.1) is 0 Å².